The zero-order valence-electron chi connectivity index (χ0n) is 14.4. The summed E-state index contributed by atoms with van der Waals surface area (Å²) >= 11 is 0. The van der Waals surface area contributed by atoms with E-state index in [0.29, 0.717) is 0 Å². The van der Waals surface area contributed by atoms with Crippen LogP contribution in [-0.4, -0.2) is 67.4 Å². The standard InChI is InChI=1S/C18H24N6O/c1-2-4-15(5-3-1)14-16-20-17(23-8-6-19-7-9-23)22-18(21-16)24-10-12-25-13-11-24/h1-5,19H,6-14H2. The number of hydrogen-bond acceptors (Lipinski definition) is 7. The van der Waals surface area contributed by atoms with Crippen LogP contribution in [0.5, 0.6) is 0 Å². The molecule has 0 spiro atoms. The van der Waals surface area contributed by atoms with Crippen molar-refractivity contribution in [3.8, 4) is 0 Å². The number of morpholine rings is 1. The van der Waals surface area contributed by atoms with Crippen molar-refractivity contribution >= 4 is 11.9 Å². The van der Waals surface area contributed by atoms with Gasteiger partial charge in [0.15, 0.2) is 0 Å². The van der Waals surface area contributed by atoms with Crippen molar-refractivity contribution in [3.63, 3.8) is 0 Å². The summed E-state index contributed by atoms with van der Waals surface area (Å²) in [4.78, 5) is 18.7. The molecule has 1 aromatic heterocycles. The van der Waals surface area contributed by atoms with Crippen LogP contribution in [0, 0.1) is 0 Å². The third-order valence-electron chi connectivity index (χ3n) is 4.56. The van der Waals surface area contributed by atoms with Crippen molar-refractivity contribution in [3.05, 3.63) is 41.7 Å². The summed E-state index contributed by atoms with van der Waals surface area (Å²) in [6.07, 6.45) is 0.722. The second kappa shape index (κ2) is 7.76. The average molecular weight is 340 g/mol. The van der Waals surface area contributed by atoms with Crippen LogP contribution in [-0.2, 0) is 11.2 Å². The molecule has 7 nitrogen and oxygen atoms in total. The van der Waals surface area contributed by atoms with Crippen LogP contribution < -0.4 is 15.1 Å². The minimum absolute atomic E-state index is 0.722. The lowest BCUT2D eigenvalue weighted by Crippen LogP contribution is -2.45. The molecule has 132 valence electrons. The highest BCUT2D eigenvalue weighted by Gasteiger charge is 2.20. The van der Waals surface area contributed by atoms with Crippen molar-refractivity contribution in [1.29, 1.82) is 0 Å². The van der Waals surface area contributed by atoms with Crippen LogP contribution in [0.3, 0.4) is 0 Å². The molecule has 1 aromatic carbocycles. The van der Waals surface area contributed by atoms with Gasteiger partial charge < -0.3 is 19.9 Å². The molecule has 2 aromatic rings. The van der Waals surface area contributed by atoms with Crippen molar-refractivity contribution in [2.24, 2.45) is 0 Å². The number of anilines is 2. The minimum Gasteiger partial charge on any atom is -0.378 e. The summed E-state index contributed by atoms with van der Waals surface area (Å²) in [6.45, 7) is 6.89. The number of nitrogens with one attached hydrogen (secondary N) is 1. The van der Waals surface area contributed by atoms with Gasteiger partial charge in [-0.25, -0.2) is 0 Å². The Morgan fingerprint density at radius 2 is 1.48 bits per heavy atom. The van der Waals surface area contributed by atoms with E-state index < -0.39 is 0 Å². The van der Waals surface area contributed by atoms with Crippen LogP contribution in [0.4, 0.5) is 11.9 Å². The average Bonchev–Trinajstić information content (AvgIpc) is 2.70. The van der Waals surface area contributed by atoms with Crippen molar-refractivity contribution in [1.82, 2.24) is 20.3 Å². The molecule has 0 unspecified atom stereocenters. The predicted octanol–water partition coefficient (Wildman–Crippen LogP) is 0.709. The Labute approximate surface area is 148 Å². The molecule has 7 heteroatoms. The molecule has 0 bridgehead atoms. The molecule has 25 heavy (non-hydrogen) atoms. The molecule has 1 N–H and O–H groups in total. The first-order valence-electron chi connectivity index (χ1n) is 8.96. The number of piperazine rings is 1. The summed E-state index contributed by atoms with van der Waals surface area (Å²) in [5.74, 6) is 2.40. The van der Waals surface area contributed by atoms with E-state index >= 15 is 0 Å². The fourth-order valence-corrected chi connectivity index (χ4v) is 3.16. The molecule has 2 aliphatic heterocycles. The first-order chi connectivity index (χ1) is 12.4. The molecule has 0 atom stereocenters. The number of benzene rings is 1. The summed E-state index contributed by atoms with van der Waals surface area (Å²) in [5, 5.41) is 3.38. The Kier molecular flexibility index (Phi) is 5.03. The van der Waals surface area contributed by atoms with E-state index in [2.05, 4.69) is 39.4 Å². The van der Waals surface area contributed by atoms with Crippen LogP contribution in [0.2, 0.25) is 0 Å². The largest absolute Gasteiger partial charge is 0.378 e. The van der Waals surface area contributed by atoms with Crippen LogP contribution in [0.15, 0.2) is 30.3 Å². The van der Waals surface area contributed by atoms with E-state index in [4.69, 9.17) is 19.7 Å². The highest BCUT2D eigenvalue weighted by Crippen LogP contribution is 2.17. The van der Waals surface area contributed by atoms with Gasteiger partial charge in [-0.1, -0.05) is 30.3 Å². The second-order valence-electron chi connectivity index (χ2n) is 6.35. The van der Waals surface area contributed by atoms with E-state index in [1.54, 1.807) is 0 Å². The zero-order valence-corrected chi connectivity index (χ0v) is 14.4. The van der Waals surface area contributed by atoms with Gasteiger partial charge in [0.25, 0.3) is 0 Å². The van der Waals surface area contributed by atoms with E-state index in [-0.39, 0.29) is 0 Å². The van der Waals surface area contributed by atoms with E-state index in [1.165, 1.54) is 5.56 Å². The van der Waals surface area contributed by atoms with Crippen LogP contribution in [0.1, 0.15) is 11.4 Å². The van der Waals surface area contributed by atoms with Gasteiger partial charge in [0.05, 0.1) is 13.2 Å². The minimum atomic E-state index is 0.722. The fraction of sp³-hybridized carbons (Fsp3) is 0.500. The fourth-order valence-electron chi connectivity index (χ4n) is 3.16. The molecule has 0 saturated carbocycles. The SMILES string of the molecule is c1ccc(Cc2nc(N3CCNCC3)nc(N3CCOCC3)n2)cc1. The molecule has 2 fully saturated rings. The molecule has 2 saturated heterocycles. The number of rotatable bonds is 4. The first-order valence-corrected chi connectivity index (χ1v) is 8.96. The van der Waals surface area contributed by atoms with Gasteiger partial charge in [-0.2, -0.15) is 15.0 Å². The molecule has 0 aliphatic carbocycles. The van der Waals surface area contributed by atoms with Crippen molar-refractivity contribution in [2.75, 3.05) is 62.3 Å². The lowest BCUT2D eigenvalue weighted by atomic mass is 10.1. The Bertz CT molecular complexity index is 647. The zero-order chi connectivity index (χ0) is 16.9. The predicted molar refractivity (Wildman–Crippen MR) is 97.2 cm³/mol. The molecule has 3 heterocycles. The first kappa shape index (κ1) is 16.2. The third kappa shape index (κ3) is 4.05. The maximum atomic E-state index is 5.46. The monoisotopic (exact) mass is 340 g/mol. The van der Waals surface area contributed by atoms with Gasteiger partial charge in [-0.05, 0) is 5.56 Å². The quantitative estimate of drug-likeness (QED) is 0.879. The maximum absolute atomic E-state index is 5.46. The molecule has 0 amide bonds. The van der Waals surface area contributed by atoms with Crippen LogP contribution in [0.25, 0.3) is 0 Å². The van der Waals surface area contributed by atoms with E-state index in [0.717, 1.165) is 76.6 Å². The summed E-state index contributed by atoms with van der Waals surface area (Å²) in [5.41, 5.74) is 1.22. The number of hydrogen-bond donors (Lipinski definition) is 1. The topological polar surface area (TPSA) is 66.4 Å². The Morgan fingerprint density at radius 3 is 2.16 bits per heavy atom. The molecular formula is C18H24N6O. The highest BCUT2D eigenvalue weighted by molar-refractivity contribution is 5.40. The molecular weight excluding hydrogens is 316 g/mol. The summed E-state index contributed by atoms with van der Waals surface area (Å²) in [7, 11) is 0. The second-order valence-corrected chi connectivity index (χ2v) is 6.35. The lowest BCUT2D eigenvalue weighted by Gasteiger charge is -2.30. The molecule has 2 aliphatic rings. The van der Waals surface area contributed by atoms with Gasteiger partial charge in [0, 0.05) is 45.7 Å². The van der Waals surface area contributed by atoms with E-state index in [1.807, 2.05) is 6.07 Å². The van der Waals surface area contributed by atoms with Crippen molar-refractivity contribution < 1.29 is 4.74 Å². The number of nitrogens with zero attached hydrogens (tertiary/aromatic N) is 5. The van der Waals surface area contributed by atoms with Crippen LogP contribution >= 0.6 is 0 Å². The van der Waals surface area contributed by atoms with Gasteiger partial charge in [0.2, 0.25) is 11.9 Å². The summed E-state index contributed by atoms with van der Waals surface area (Å²) < 4.78 is 5.46. The third-order valence-corrected chi connectivity index (χ3v) is 4.56. The van der Waals surface area contributed by atoms with Gasteiger partial charge in [0.1, 0.15) is 5.82 Å². The number of aromatic nitrogens is 3. The van der Waals surface area contributed by atoms with Crippen molar-refractivity contribution in [2.45, 2.75) is 6.42 Å². The Hall–Kier alpha value is -2.25. The lowest BCUT2D eigenvalue weighted by molar-refractivity contribution is 0.122. The maximum Gasteiger partial charge on any atom is 0.230 e. The number of ether oxygens (including phenoxy) is 1. The van der Waals surface area contributed by atoms with Gasteiger partial charge >= 0.3 is 0 Å². The summed E-state index contributed by atoms with van der Waals surface area (Å²) in [6, 6.07) is 10.4. The molecule has 0 radical (unpaired) electrons. The Balaban J connectivity index is 1.64. The smallest absolute Gasteiger partial charge is 0.230 e. The van der Waals surface area contributed by atoms with E-state index in [9.17, 15) is 0 Å². The highest BCUT2D eigenvalue weighted by atomic mass is 16.5. The normalized spacial score (nSPS) is 18.4. The van der Waals surface area contributed by atoms with Gasteiger partial charge in [-0.15, -0.1) is 0 Å². The molecule has 4 rings (SSSR count). The van der Waals surface area contributed by atoms with Gasteiger partial charge in [-0.3, -0.25) is 0 Å². The Morgan fingerprint density at radius 1 is 0.840 bits per heavy atom.